The van der Waals surface area contributed by atoms with E-state index >= 15 is 0 Å². The Morgan fingerprint density at radius 1 is 1.35 bits per heavy atom. The minimum absolute atomic E-state index is 0.208. The first-order valence-corrected chi connectivity index (χ1v) is 5.42. The van der Waals surface area contributed by atoms with Crippen molar-refractivity contribution < 1.29 is 19.4 Å². The van der Waals surface area contributed by atoms with E-state index in [1.54, 1.807) is 32.0 Å². The summed E-state index contributed by atoms with van der Waals surface area (Å²) in [5, 5.41) is 9.63. The highest BCUT2D eigenvalue weighted by Gasteiger charge is 2.15. The van der Waals surface area contributed by atoms with Crippen LogP contribution in [0.25, 0.3) is 6.08 Å². The monoisotopic (exact) mass is 234 g/mol. The average molecular weight is 234 g/mol. The Labute approximate surface area is 99.5 Å². The summed E-state index contributed by atoms with van der Waals surface area (Å²) < 4.78 is 10.4. The van der Waals surface area contributed by atoms with Gasteiger partial charge in [-0.05, 0) is 23.8 Å². The van der Waals surface area contributed by atoms with Crippen molar-refractivity contribution in [3.8, 4) is 11.5 Å². The van der Waals surface area contributed by atoms with Gasteiger partial charge < -0.3 is 14.6 Å². The summed E-state index contributed by atoms with van der Waals surface area (Å²) in [6.45, 7) is 3.69. The van der Waals surface area contributed by atoms with Gasteiger partial charge in [-0.25, -0.2) is 0 Å². The first-order chi connectivity index (χ1) is 8.08. The van der Waals surface area contributed by atoms with Crippen molar-refractivity contribution in [1.29, 1.82) is 0 Å². The van der Waals surface area contributed by atoms with Gasteiger partial charge in [-0.15, -0.1) is 0 Å². The van der Waals surface area contributed by atoms with E-state index < -0.39 is 0 Å². The Hall–Kier alpha value is -1.97. The largest absolute Gasteiger partial charge is 0.504 e. The number of fused-ring (bicyclic) bond motifs is 1. The van der Waals surface area contributed by atoms with Crippen LogP contribution in [0.3, 0.4) is 0 Å². The molecule has 4 nitrogen and oxygen atoms in total. The number of allylic oxidation sites excluding steroid dienone is 1. The van der Waals surface area contributed by atoms with Crippen LogP contribution in [0, 0.1) is 5.92 Å². The van der Waals surface area contributed by atoms with Gasteiger partial charge in [0, 0.05) is 5.92 Å². The highest BCUT2D eigenvalue weighted by Crippen LogP contribution is 2.33. The van der Waals surface area contributed by atoms with E-state index in [1.807, 2.05) is 0 Å². The number of aliphatic hydroxyl groups excluding tert-OH is 1. The first-order valence-electron chi connectivity index (χ1n) is 5.42. The lowest BCUT2D eigenvalue weighted by molar-refractivity contribution is -0.120. The quantitative estimate of drug-likeness (QED) is 0.645. The van der Waals surface area contributed by atoms with Gasteiger partial charge in [0.05, 0.1) is 0 Å². The van der Waals surface area contributed by atoms with Crippen molar-refractivity contribution in [3.63, 3.8) is 0 Å². The predicted octanol–water partition coefficient (Wildman–Crippen LogP) is 2.54. The minimum atomic E-state index is -0.275. The molecule has 0 fully saturated rings. The van der Waals surface area contributed by atoms with E-state index in [9.17, 15) is 9.90 Å². The molecule has 0 bridgehead atoms. The van der Waals surface area contributed by atoms with E-state index in [-0.39, 0.29) is 24.3 Å². The van der Waals surface area contributed by atoms with Crippen molar-refractivity contribution in [2.75, 3.05) is 6.79 Å². The van der Waals surface area contributed by atoms with Gasteiger partial charge in [-0.1, -0.05) is 19.9 Å². The standard InChI is InChI=1S/C13H14O4/c1-8(2)13(15)10(14)5-9-3-4-11-12(6-9)17-7-16-11/h3-6,8,14H,7H2,1-2H3/b10-5-. The number of hydrogen-bond donors (Lipinski definition) is 1. The van der Waals surface area contributed by atoms with E-state index in [0.717, 1.165) is 0 Å². The number of ketones is 1. The number of aliphatic hydroxyl groups is 1. The molecule has 90 valence electrons. The fraction of sp³-hybridized carbons (Fsp3) is 0.308. The lowest BCUT2D eigenvalue weighted by atomic mass is 10.1. The maximum absolute atomic E-state index is 11.5. The number of hydrogen-bond acceptors (Lipinski definition) is 4. The molecule has 0 atom stereocenters. The van der Waals surface area contributed by atoms with Crippen molar-refractivity contribution in [1.82, 2.24) is 0 Å². The highest BCUT2D eigenvalue weighted by atomic mass is 16.7. The van der Waals surface area contributed by atoms with Crippen LogP contribution in [0.5, 0.6) is 11.5 Å². The molecule has 4 heteroatoms. The molecule has 0 radical (unpaired) electrons. The second kappa shape index (κ2) is 4.49. The normalized spacial score (nSPS) is 14.2. The van der Waals surface area contributed by atoms with Gasteiger partial charge in [0.2, 0.25) is 6.79 Å². The first kappa shape index (κ1) is 11.5. The molecule has 0 unspecified atom stereocenters. The topological polar surface area (TPSA) is 55.8 Å². The predicted molar refractivity (Wildman–Crippen MR) is 63.0 cm³/mol. The zero-order chi connectivity index (χ0) is 12.4. The average Bonchev–Trinajstić information content (AvgIpc) is 2.74. The zero-order valence-corrected chi connectivity index (χ0v) is 9.77. The lowest BCUT2D eigenvalue weighted by Gasteiger charge is -2.03. The Morgan fingerprint density at radius 3 is 2.76 bits per heavy atom. The maximum atomic E-state index is 11.5. The van der Waals surface area contributed by atoms with Crippen LogP contribution in [0.2, 0.25) is 0 Å². The van der Waals surface area contributed by atoms with Gasteiger partial charge >= 0.3 is 0 Å². The molecule has 0 saturated heterocycles. The molecule has 17 heavy (non-hydrogen) atoms. The van der Waals surface area contributed by atoms with Crippen LogP contribution in [0.4, 0.5) is 0 Å². The fourth-order valence-corrected chi connectivity index (χ4v) is 1.53. The molecule has 1 heterocycles. The zero-order valence-electron chi connectivity index (χ0n) is 9.77. The second-order valence-electron chi connectivity index (χ2n) is 4.16. The fourth-order valence-electron chi connectivity index (χ4n) is 1.53. The smallest absolute Gasteiger partial charge is 0.231 e. The molecule has 0 aromatic heterocycles. The maximum Gasteiger partial charge on any atom is 0.231 e. The molecule has 2 rings (SSSR count). The third-order valence-electron chi connectivity index (χ3n) is 2.48. The third-order valence-corrected chi connectivity index (χ3v) is 2.48. The van der Waals surface area contributed by atoms with Gasteiger partial charge in [0.1, 0.15) is 0 Å². The van der Waals surface area contributed by atoms with E-state index in [0.29, 0.717) is 17.1 Å². The number of Topliss-reactive ketones (excluding diaryl/α,β-unsaturated/α-hetero) is 1. The van der Waals surface area contributed by atoms with Crippen molar-refractivity contribution >= 4 is 11.9 Å². The summed E-state index contributed by atoms with van der Waals surface area (Å²) in [6.07, 6.45) is 1.43. The van der Waals surface area contributed by atoms with Gasteiger partial charge in [-0.2, -0.15) is 0 Å². The summed E-state index contributed by atoms with van der Waals surface area (Å²) in [5.74, 6) is 0.571. The van der Waals surface area contributed by atoms with Crippen LogP contribution in [-0.4, -0.2) is 17.7 Å². The lowest BCUT2D eigenvalue weighted by Crippen LogP contribution is -2.09. The molecule has 0 spiro atoms. The number of carbonyl (C=O) groups is 1. The molecular weight excluding hydrogens is 220 g/mol. The Bertz CT molecular complexity index is 474. The number of carbonyl (C=O) groups excluding carboxylic acids is 1. The molecule has 1 aromatic carbocycles. The van der Waals surface area contributed by atoms with Crippen LogP contribution >= 0.6 is 0 Å². The third kappa shape index (κ3) is 2.41. The summed E-state index contributed by atoms with van der Waals surface area (Å²) in [4.78, 5) is 11.5. The molecule has 0 saturated carbocycles. The Morgan fingerprint density at radius 2 is 2.06 bits per heavy atom. The van der Waals surface area contributed by atoms with Crippen molar-refractivity contribution in [2.24, 2.45) is 5.92 Å². The molecule has 1 aliphatic heterocycles. The van der Waals surface area contributed by atoms with Gasteiger partial charge in [0.15, 0.2) is 23.0 Å². The summed E-state index contributed by atoms with van der Waals surface area (Å²) in [6, 6.07) is 5.24. The molecule has 0 amide bonds. The minimum Gasteiger partial charge on any atom is -0.504 e. The van der Waals surface area contributed by atoms with E-state index in [2.05, 4.69) is 0 Å². The molecule has 1 N–H and O–H groups in total. The highest BCUT2D eigenvalue weighted by molar-refractivity contribution is 5.98. The van der Waals surface area contributed by atoms with E-state index in [1.165, 1.54) is 6.08 Å². The summed E-state index contributed by atoms with van der Waals surface area (Å²) in [5.41, 5.74) is 0.709. The van der Waals surface area contributed by atoms with Crippen LogP contribution < -0.4 is 9.47 Å². The summed E-state index contributed by atoms with van der Waals surface area (Å²) in [7, 11) is 0. The summed E-state index contributed by atoms with van der Waals surface area (Å²) >= 11 is 0. The second-order valence-corrected chi connectivity index (χ2v) is 4.16. The Kier molecular flexibility index (Phi) is 3.04. The van der Waals surface area contributed by atoms with Crippen LogP contribution in [-0.2, 0) is 4.79 Å². The SMILES string of the molecule is CC(C)C(=O)/C(O)=C/c1ccc2c(c1)OCO2. The number of rotatable bonds is 3. The number of benzene rings is 1. The Balaban J connectivity index is 2.24. The van der Waals surface area contributed by atoms with Crippen LogP contribution in [0.1, 0.15) is 19.4 Å². The van der Waals surface area contributed by atoms with Gasteiger partial charge in [-0.3, -0.25) is 4.79 Å². The van der Waals surface area contributed by atoms with Crippen molar-refractivity contribution in [2.45, 2.75) is 13.8 Å². The molecule has 1 aliphatic rings. The van der Waals surface area contributed by atoms with Gasteiger partial charge in [0.25, 0.3) is 0 Å². The van der Waals surface area contributed by atoms with Crippen molar-refractivity contribution in [3.05, 3.63) is 29.5 Å². The van der Waals surface area contributed by atoms with Crippen LogP contribution in [0.15, 0.2) is 24.0 Å². The number of ether oxygens (including phenoxy) is 2. The molecule has 0 aliphatic carbocycles. The molecule has 1 aromatic rings. The van der Waals surface area contributed by atoms with E-state index in [4.69, 9.17) is 9.47 Å². The molecular formula is C13H14O4.